The molecule has 0 radical (unpaired) electrons. The molecule has 3 rings (SSSR count). The summed E-state index contributed by atoms with van der Waals surface area (Å²) in [4.78, 5) is 11.2. The van der Waals surface area contributed by atoms with Gasteiger partial charge < -0.3 is 0 Å². The molecule has 0 bridgehead atoms. The van der Waals surface area contributed by atoms with Crippen LogP contribution in [0.3, 0.4) is 0 Å². The van der Waals surface area contributed by atoms with Crippen molar-refractivity contribution in [1.29, 1.82) is 0 Å². The van der Waals surface area contributed by atoms with E-state index in [4.69, 9.17) is 0 Å². The summed E-state index contributed by atoms with van der Waals surface area (Å²) in [6, 6.07) is 1.84. The van der Waals surface area contributed by atoms with Crippen molar-refractivity contribution in [3.8, 4) is 0 Å². The fourth-order valence-electron chi connectivity index (χ4n) is 3.73. The molecule has 86 valence electrons. The van der Waals surface area contributed by atoms with Gasteiger partial charge in [-0.25, -0.2) is 0 Å². The van der Waals surface area contributed by atoms with Crippen LogP contribution in [0.4, 0.5) is 0 Å². The van der Waals surface area contributed by atoms with Crippen molar-refractivity contribution in [3.63, 3.8) is 0 Å². The van der Waals surface area contributed by atoms with Gasteiger partial charge in [-0.15, -0.1) is 0 Å². The lowest BCUT2D eigenvalue weighted by Gasteiger charge is -2.46. The summed E-state index contributed by atoms with van der Waals surface area (Å²) in [6.07, 6.45) is 8.68. The van der Waals surface area contributed by atoms with Gasteiger partial charge in [-0.1, -0.05) is 25.5 Å². The second-order valence-electron chi connectivity index (χ2n) is 6.03. The third-order valence-electron chi connectivity index (χ3n) is 5.17. The molecule has 1 fully saturated rings. The van der Waals surface area contributed by atoms with E-state index in [2.05, 4.69) is 19.9 Å². The highest BCUT2D eigenvalue weighted by Crippen LogP contribution is 2.54. The molecule has 16 heavy (non-hydrogen) atoms. The number of hydrogen-bond donors (Lipinski definition) is 0. The standard InChI is InChI=1S/C15H20O/c1-10-4-3-5-12-7-6-11(9-15(10,12)2)13-8-14(13)16/h5,8,10-11H,3-4,6-7,9H2,1-2H3/t10-,11-,15+/m0/s1. The van der Waals surface area contributed by atoms with Gasteiger partial charge in [-0.05, 0) is 55.4 Å². The van der Waals surface area contributed by atoms with Crippen molar-refractivity contribution < 1.29 is 0 Å². The van der Waals surface area contributed by atoms with Crippen LogP contribution in [0.2, 0.25) is 0 Å². The summed E-state index contributed by atoms with van der Waals surface area (Å²) in [5.74, 6) is 1.35. The Bertz CT molecular complexity index is 447. The van der Waals surface area contributed by atoms with Gasteiger partial charge in [0.2, 0.25) is 0 Å². The molecule has 0 aromatic heterocycles. The van der Waals surface area contributed by atoms with Crippen LogP contribution in [0.25, 0.3) is 0 Å². The predicted octanol–water partition coefficient (Wildman–Crippen LogP) is 3.55. The third-order valence-corrected chi connectivity index (χ3v) is 5.17. The Morgan fingerprint density at radius 2 is 2.12 bits per heavy atom. The zero-order chi connectivity index (χ0) is 11.3. The average molecular weight is 216 g/mol. The maximum Gasteiger partial charge on any atom is 0.182 e. The lowest BCUT2D eigenvalue weighted by atomic mass is 9.58. The van der Waals surface area contributed by atoms with Crippen molar-refractivity contribution >= 4 is 0 Å². The van der Waals surface area contributed by atoms with Crippen LogP contribution in [0, 0.1) is 11.3 Å². The minimum absolute atomic E-state index is 0.324. The predicted molar refractivity (Wildman–Crippen MR) is 66.3 cm³/mol. The van der Waals surface area contributed by atoms with Crippen molar-refractivity contribution in [2.45, 2.75) is 51.9 Å². The normalized spacial score (nSPS) is 39.5. The van der Waals surface area contributed by atoms with E-state index in [0.29, 0.717) is 16.8 Å². The molecule has 1 aromatic carbocycles. The van der Waals surface area contributed by atoms with Gasteiger partial charge in [0, 0.05) is 5.56 Å². The summed E-state index contributed by atoms with van der Waals surface area (Å²) in [5.41, 5.74) is 3.52. The Morgan fingerprint density at radius 3 is 2.81 bits per heavy atom. The van der Waals surface area contributed by atoms with E-state index in [9.17, 15) is 4.79 Å². The zero-order valence-electron chi connectivity index (χ0n) is 10.3. The van der Waals surface area contributed by atoms with Crippen LogP contribution in [-0.4, -0.2) is 0 Å². The molecule has 1 heteroatoms. The Kier molecular flexibility index (Phi) is 2.14. The number of allylic oxidation sites excluding steroid dienone is 2. The van der Waals surface area contributed by atoms with E-state index in [1.54, 1.807) is 5.57 Å². The van der Waals surface area contributed by atoms with Crippen molar-refractivity contribution in [3.05, 3.63) is 33.5 Å². The molecule has 1 aromatic rings. The Labute approximate surface area is 97.2 Å². The van der Waals surface area contributed by atoms with E-state index in [-0.39, 0.29) is 0 Å². The Morgan fingerprint density at radius 1 is 1.38 bits per heavy atom. The molecule has 3 atom stereocenters. The van der Waals surface area contributed by atoms with Gasteiger partial charge in [0.05, 0.1) is 0 Å². The minimum atomic E-state index is 0.324. The highest BCUT2D eigenvalue weighted by atomic mass is 16.1. The topological polar surface area (TPSA) is 17.1 Å². The monoisotopic (exact) mass is 216 g/mol. The highest BCUT2D eigenvalue weighted by Gasteiger charge is 2.43. The van der Waals surface area contributed by atoms with Crippen molar-refractivity contribution in [2.75, 3.05) is 0 Å². The number of fused-ring (bicyclic) bond motifs is 1. The van der Waals surface area contributed by atoms with Gasteiger partial charge in [-0.2, -0.15) is 0 Å². The SMILES string of the molecule is C[C@H]1CCC=C2CC[C@H](c3cc3=O)C[C@@]21C. The zero-order valence-corrected chi connectivity index (χ0v) is 10.3. The molecule has 1 nitrogen and oxygen atoms in total. The van der Waals surface area contributed by atoms with Gasteiger partial charge >= 0.3 is 0 Å². The van der Waals surface area contributed by atoms with E-state index in [1.807, 2.05) is 6.07 Å². The molecule has 0 N–H and O–H groups in total. The van der Waals surface area contributed by atoms with Gasteiger partial charge in [0.15, 0.2) is 5.43 Å². The summed E-state index contributed by atoms with van der Waals surface area (Å²) in [7, 11) is 0. The molecule has 0 saturated heterocycles. The van der Waals surface area contributed by atoms with Crippen LogP contribution in [-0.2, 0) is 0 Å². The van der Waals surface area contributed by atoms with Crippen LogP contribution in [0.15, 0.2) is 22.5 Å². The molecule has 0 unspecified atom stereocenters. The number of hydrogen-bond acceptors (Lipinski definition) is 1. The largest absolute Gasteiger partial charge is 0.290 e. The molecular formula is C15H20O. The maximum absolute atomic E-state index is 11.2. The summed E-state index contributed by atoms with van der Waals surface area (Å²) in [5, 5.41) is 0. The minimum Gasteiger partial charge on any atom is -0.290 e. The van der Waals surface area contributed by atoms with Gasteiger partial charge in [0.1, 0.15) is 0 Å². The smallest absolute Gasteiger partial charge is 0.182 e. The van der Waals surface area contributed by atoms with Crippen LogP contribution in [0.1, 0.15) is 57.4 Å². The second-order valence-corrected chi connectivity index (χ2v) is 6.03. The fourth-order valence-corrected chi connectivity index (χ4v) is 3.73. The van der Waals surface area contributed by atoms with Crippen LogP contribution in [0.5, 0.6) is 0 Å². The lowest BCUT2D eigenvalue weighted by Crippen LogP contribution is -2.35. The van der Waals surface area contributed by atoms with E-state index >= 15 is 0 Å². The van der Waals surface area contributed by atoms with Crippen LogP contribution < -0.4 is 5.43 Å². The first-order chi connectivity index (χ1) is 7.61. The first-order valence-electron chi connectivity index (χ1n) is 6.56. The lowest BCUT2D eigenvalue weighted by molar-refractivity contribution is 0.164. The first kappa shape index (κ1) is 10.3. The fraction of sp³-hybridized carbons (Fsp3) is 0.667. The molecule has 0 aliphatic heterocycles. The van der Waals surface area contributed by atoms with Gasteiger partial charge in [-0.3, -0.25) is 4.79 Å². The average Bonchev–Trinajstić information content (AvgIpc) is 2.97. The Hall–Kier alpha value is -0.850. The molecule has 2 aliphatic carbocycles. The van der Waals surface area contributed by atoms with Crippen LogP contribution >= 0.6 is 0 Å². The quantitative estimate of drug-likeness (QED) is 0.656. The highest BCUT2D eigenvalue weighted by molar-refractivity contribution is 5.32. The van der Waals surface area contributed by atoms with E-state index < -0.39 is 0 Å². The molecule has 0 amide bonds. The molecule has 0 heterocycles. The first-order valence-corrected chi connectivity index (χ1v) is 6.56. The second kappa shape index (κ2) is 3.32. The summed E-state index contributed by atoms with van der Waals surface area (Å²) in [6.45, 7) is 4.81. The van der Waals surface area contributed by atoms with E-state index in [1.165, 1.54) is 32.1 Å². The third kappa shape index (κ3) is 1.41. The maximum atomic E-state index is 11.2. The van der Waals surface area contributed by atoms with Crippen molar-refractivity contribution in [2.24, 2.45) is 11.3 Å². The summed E-state index contributed by atoms with van der Waals surface area (Å²) >= 11 is 0. The van der Waals surface area contributed by atoms with Gasteiger partial charge in [0.25, 0.3) is 0 Å². The molecule has 1 saturated carbocycles. The molecule has 2 aliphatic rings. The Balaban J connectivity index is 1.88. The van der Waals surface area contributed by atoms with E-state index in [0.717, 1.165) is 11.5 Å². The summed E-state index contributed by atoms with van der Waals surface area (Å²) < 4.78 is 0. The van der Waals surface area contributed by atoms with Crippen molar-refractivity contribution in [1.82, 2.24) is 0 Å². The molecular weight excluding hydrogens is 196 g/mol. The number of rotatable bonds is 1. The molecule has 0 spiro atoms.